The van der Waals surface area contributed by atoms with Gasteiger partial charge in [-0.15, -0.1) is 0 Å². The summed E-state index contributed by atoms with van der Waals surface area (Å²) in [5.74, 6) is 3.98. The minimum atomic E-state index is -0.0292. The van der Waals surface area contributed by atoms with Crippen molar-refractivity contribution < 1.29 is 9.21 Å². The Morgan fingerprint density at radius 3 is 2.44 bits per heavy atom. The highest BCUT2D eigenvalue weighted by Crippen LogP contribution is 2.61. The summed E-state index contributed by atoms with van der Waals surface area (Å²) in [4.78, 5) is 13.2. The van der Waals surface area contributed by atoms with E-state index in [2.05, 4.69) is 24.6 Å². The SMILES string of the molecule is CSCc1c(C(=O)N[C@H](C)C23CC4CC(CC(C4)C2)C3)oc2ccccc12. The number of rotatable bonds is 5. The standard InChI is InChI=1S/C23H29NO2S/c1-14(23-10-15-7-16(11-23)9-17(8-15)12-23)24-22(25)21-19(13-27-2)18-5-3-4-6-20(18)26-21/h3-6,14-17H,7-13H2,1-2H3,(H,24,25)/t14-,15?,16?,17?,23?/m1/s1. The van der Waals surface area contributed by atoms with E-state index in [1.54, 1.807) is 11.8 Å². The Hall–Kier alpha value is -1.42. The van der Waals surface area contributed by atoms with Crippen LogP contribution in [0, 0.1) is 23.2 Å². The van der Waals surface area contributed by atoms with Crippen molar-refractivity contribution in [3.05, 3.63) is 35.6 Å². The third kappa shape index (κ3) is 2.91. The van der Waals surface area contributed by atoms with Crippen molar-refractivity contribution in [2.45, 2.75) is 57.2 Å². The zero-order valence-corrected chi connectivity index (χ0v) is 17.1. The summed E-state index contributed by atoms with van der Waals surface area (Å²) in [6, 6.07) is 8.21. The first-order chi connectivity index (χ1) is 13.1. The highest BCUT2D eigenvalue weighted by molar-refractivity contribution is 7.97. The number of amides is 1. The summed E-state index contributed by atoms with van der Waals surface area (Å²) in [6.45, 7) is 2.24. The van der Waals surface area contributed by atoms with Gasteiger partial charge in [0, 0.05) is 22.7 Å². The van der Waals surface area contributed by atoms with E-state index in [1.165, 1.54) is 38.5 Å². The summed E-state index contributed by atoms with van der Waals surface area (Å²) in [5.41, 5.74) is 2.17. The summed E-state index contributed by atoms with van der Waals surface area (Å²) in [7, 11) is 0. The molecule has 1 N–H and O–H groups in total. The second-order valence-electron chi connectivity index (χ2n) is 9.31. The molecular weight excluding hydrogens is 354 g/mol. The molecule has 1 aromatic carbocycles. The van der Waals surface area contributed by atoms with Gasteiger partial charge in [0.2, 0.25) is 0 Å². The smallest absolute Gasteiger partial charge is 0.287 e. The topological polar surface area (TPSA) is 42.2 Å². The number of carbonyl (C=O) groups excluding carboxylic acids is 1. The molecule has 27 heavy (non-hydrogen) atoms. The van der Waals surface area contributed by atoms with E-state index < -0.39 is 0 Å². The van der Waals surface area contributed by atoms with Crippen molar-refractivity contribution in [3.8, 4) is 0 Å². The van der Waals surface area contributed by atoms with Crippen LogP contribution in [0.5, 0.6) is 0 Å². The first-order valence-corrected chi connectivity index (χ1v) is 11.8. The maximum Gasteiger partial charge on any atom is 0.287 e. The minimum Gasteiger partial charge on any atom is -0.451 e. The van der Waals surface area contributed by atoms with Crippen LogP contribution in [0.1, 0.15) is 61.6 Å². The van der Waals surface area contributed by atoms with E-state index in [0.717, 1.165) is 40.0 Å². The molecule has 3 nitrogen and oxygen atoms in total. The van der Waals surface area contributed by atoms with Gasteiger partial charge in [0.1, 0.15) is 5.58 Å². The third-order valence-corrected chi connectivity index (χ3v) is 8.12. The van der Waals surface area contributed by atoms with Crippen molar-refractivity contribution in [3.63, 3.8) is 0 Å². The van der Waals surface area contributed by atoms with Gasteiger partial charge in [0.15, 0.2) is 5.76 Å². The fourth-order valence-electron chi connectivity index (χ4n) is 6.69. The van der Waals surface area contributed by atoms with Crippen molar-refractivity contribution in [2.75, 3.05) is 6.26 Å². The summed E-state index contributed by atoms with van der Waals surface area (Å²) in [6.07, 6.45) is 10.3. The molecule has 0 aliphatic heterocycles. The molecule has 1 heterocycles. The normalized spacial score (nSPS) is 32.7. The molecule has 4 heteroatoms. The van der Waals surface area contributed by atoms with Crippen LogP contribution in [-0.2, 0) is 5.75 Å². The van der Waals surface area contributed by atoms with Crippen LogP contribution >= 0.6 is 11.8 Å². The van der Waals surface area contributed by atoms with Crippen LogP contribution < -0.4 is 5.32 Å². The highest BCUT2D eigenvalue weighted by Gasteiger charge is 2.53. The second-order valence-corrected chi connectivity index (χ2v) is 10.2. The Kier molecular flexibility index (Phi) is 4.30. The van der Waals surface area contributed by atoms with Crippen molar-refractivity contribution in [1.29, 1.82) is 0 Å². The van der Waals surface area contributed by atoms with Gasteiger partial charge in [-0.1, -0.05) is 18.2 Å². The molecule has 144 valence electrons. The van der Waals surface area contributed by atoms with E-state index in [1.807, 2.05) is 18.2 Å². The van der Waals surface area contributed by atoms with Crippen LogP contribution in [0.3, 0.4) is 0 Å². The Bertz CT molecular complexity index is 835. The molecule has 4 saturated carbocycles. The van der Waals surface area contributed by atoms with E-state index in [0.29, 0.717) is 11.2 Å². The molecule has 1 atom stereocenters. The van der Waals surface area contributed by atoms with Gasteiger partial charge in [-0.3, -0.25) is 4.79 Å². The van der Waals surface area contributed by atoms with Crippen LogP contribution in [0.4, 0.5) is 0 Å². The van der Waals surface area contributed by atoms with E-state index in [9.17, 15) is 4.79 Å². The van der Waals surface area contributed by atoms with E-state index in [4.69, 9.17) is 4.42 Å². The number of para-hydroxylation sites is 1. The molecule has 4 bridgehead atoms. The first-order valence-electron chi connectivity index (χ1n) is 10.4. The van der Waals surface area contributed by atoms with Gasteiger partial charge in [0.05, 0.1) is 0 Å². The summed E-state index contributed by atoms with van der Waals surface area (Å²) < 4.78 is 6.01. The number of thioether (sulfide) groups is 1. The van der Waals surface area contributed by atoms with E-state index in [-0.39, 0.29) is 11.9 Å². The monoisotopic (exact) mass is 383 g/mol. The zero-order chi connectivity index (χ0) is 18.6. The predicted octanol–water partition coefficient (Wildman–Crippen LogP) is 5.63. The second kappa shape index (κ2) is 6.58. The average molecular weight is 384 g/mol. The predicted molar refractivity (Wildman–Crippen MR) is 111 cm³/mol. The molecule has 6 rings (SSSR count). The van der Waals surface area contributed by atoms with Crippen molar-refractivity contribution >= 4 is 28.6 Å². The highest BCUT2D eigenvalue weighted by atomic mass is 32.2. The molecule has 4 fully saturated rings. The van der Waals surface area contributed by atoms with Gasteiger partial charge >= 0.3 is 0 Å². The third-order valence-electron chi connectivity index (χ3n) is 7.54. The summed E-state index contributed by atoms with van der Waals surface area (Å²) >= 11 is 1.73. The summed E-state index contributed by atoms with van der Waals surface area (Å²) in [5, 5.41) is 4.44. The number of hydrogen-bond donors (Lipinski definition) is 1. The maximum absolute atomic E-state index is 13.2. The molecule has 1 aromatic heterocycles. The lowest BCUT2D eigenvalue weighted by Gasteiger charge is -2.59. The van der Waals surface area contributed by atoms with Gasteiger partial charge in [-0.2, -0.15) is 11.8 Å². The quantitative estimate of drug-likeness (QED) is 0.727. The molecular formula is C23H29NO2S. The Balaban J connectivity index is 1.41. The number of carbonyl (C=O) groups is 1. The van der Waals surface area contributed by atoms with Crippen molar-refractivity contribution in [2.24, 2.45) is 23.2 Å². The molecule has 4 aliphatic carbocycles. The van der Waals surface area contributed by atoms with Gasteiger partial charge in [-0.05, 0) is 80.9 Å². The molecule has 2 aromatic rings. The molecule has 0 radical (unpaired) electrons. The fraction of sp³-hybridized carbons (Fsp3) is 0.609. The van der Waals surface area contributed by atoms with Crippen molar-refractivity contribution in [1.82, 2.24) is 5.32 Å². The number of hydrogen-bond acceptors (Lipinski definition) is 3. The molecule has 0 unspecified atom stereocenters. The lowest BCUT2D eigenvalue weighted by Crippen LogP contribution is -2.55. The molecule has 0 spiro atoms. The average Bonchev–Trinajstić information content (AvgIpc) is 3.00. The van der Waals surface area contributed by atoms with Gasteiger partial charge < -0.3 is 9.73 Å². The Morgan fingerprint density at radius 1 is 1.19 bits per heavy atom. The number of fused-ring (bicyclic) bond motifs is 1. The lowest BCUT2D eigenvalue weighted by molar-refractivity contribution is -0.0688. The van der Waals surface area contributed by atoms with Crippen LogP contribution in [0.2, 0.25) is 0 Å². The zero-order valence-electron chi connectivity index (χ0n) is 16.3. The number of nitrogens with one attached hydrogen (secondary N) is 1. The molecule has 4 aliphatic rings. The molecule has 0 saturated heterocycles. The Morgan fingerprint density at radius 2 is 1.81 bits per heavy atom. The Labute approximate surface area is 165 Å². The number of benzene rings is 1. The number of furan rings is 1. The fourth-order valence-corrected chi connectivity index (χ4v) is 7.27. The molecule has 1 amide bonds. The van der Waals surface area contributed by atoms with Crippen LogP contribution in [-0.4, -0.2) is 18.2 Å². The lowest BCUT2D eigenvalue weighted by atomic mass is 9.48. The maximum atomic E-state index is 13.2. The van der Waals surface area contributed by atoms with Gasteiger partial charge in [-0.25, -0.2) is 0 Å². The largest absolute Gasteiger partial charge is 0.451 e. The first kappa shape index (κ1) is 17.7. The minimum absolute atomic E-state index is 0.0292. The van der Waals surface area contributed by atoms with Crippen LogP contribution in [0.15, 0.2) is 28.7 Å². The van der Waals surface area contributed by atoms with Gasteiger partial charge in [0.25, 0.3) is 5.91 Å². The van der Waals surface area contributed by atoms with Crippen LogP contribution in [0.25, 0.3) is 11.0 Å². The van der Waals surface area contributed by atoms with E-state index >= 15 is 0 Å².